The zero-order valence-corrected chi connectivity index (χ0v) is 15.3. The molecule has 8 heteroatoms. The summed E-state index contributed by atoms with van der Waals surface area (Å²) in [6.45, 7) is 6.47. The van der Waals surface area contributed by atoms with Crippen molar-refractivity contribution in [1.82, 2.24) is 35.0 Å². The quantitative estimate of drug-likeness (QED) is 0.711. The summed E-state index contributed by atoms with van der Waals surface area (Å²) < 4.78 is 8.06. The smallest absolute Gasteiger partial charge is 0.165 e. The van der Waals surface area contributed by atoms with Crippen LogP contribution in [-0.2, 0) is 19.6 Å². The Hall–Kier alpha value is -2.06. The predicted molar refractivity (Wildman–Crippen MR) is 94.0 cm³/mol. The zero-order chi connectivity index (χ0) is 17.6. The van der Waals surface area contributed by atoms with Crippen LogP contribution in [0.5, 0.6) is 5.75 Å². The number of ether oxygens (including phenoxy) is 1. The molecule has 2 aromatic rings. The monoisotopic (exact) mass is 345 g/mol. The van der Waals surface area contributed by atoms with Crippen LogP contribution in [0.1, 0.15) is 31.3 Å². The Bertz CT molecular complexity index is 673. The third-order valence-corrected chi connectivity index (χ3v) is 4.20. The van der Waals surface area contributed by atoms with E-state index in [0.29, 0.717) is 0 Å². The highest BCUT2D eigenvalue weighted by Crippen LogP contribution is 2.20. The molecule has 1 saturated heterocycles. The van der Waals surface area contributed by atoms with Gasteiger partial charge >= 0.3 is 0 Å². The van der Waals surface area contributed by atoms with E-state index in [0.717, 1.165) is 62.8 Å². The fourth-order valence-electron chi connectivity index (χ4n) is 3.09. The Morgan fingerprint density at radius 2 is 2.24 bits per heavy atom. The zero-order valence-electron chi connectivity index (χ0n) is 15.3. The number of hydrogen-bond donors (Lipinski definition) is 0. The van der Waals surface area contributed by atoms with Gasteiger partial charge in [-0.3, -0.25) is 9.88 Å². The molecule has 1 aliphatic heterocycles. The summed E-state index contributed by atoms with van der Waals surface area (Å²) in [5.74, 6) is 1.83. The lowest BCUT2D eigenvalue weighted by atomic mass is 10.3. The van der Waals surface area contributed by atoms with Crippen LogP contribution in [0.15, 0.2) is 18.3 Å². The highest BCUT2D eigenvalue weighted by atomic mass is 16.5. The third-order valence-electron chi connectivity index (χ3n) is 4.20. The SMILES string of the molecule is CCCn1nnnc1CN1CCC(Oc2ccnc(CN(C)C)c2)C1. The van der Waals surface area contributed by atoms with Crippen LogP contribution in [0, 0.1) is 0 Å². The lowest BCUT2D eigenvalue weighted by Crippen LogP contribution is -2.26. The highest BCUT2D eigenvalue weighted by molar-refractivity contribution is 5.23. The average molecular weight is 345 g/mol. The number of aryl methyl sites for hydroxylation is 1. The van der Waals surface area contributed by atoms with E-state index in [4.69, 9.17) is 4.74 Å². The van der Waals surface area contributed by atoms with Crippen molar-refractivity contribution in [3.05, 3.63) is 29.8 Å². The molecule has 1 unspecified atom stereocenters. The Morgan fingerprint density at radius 1 is 1.36 bits per heavy atom. The van der Waals surface area contributed by atoms with E-state index < -0.39 is 0 Å². The lowest BCUT2D eigenvalue weighted by molar-refractivity contribution is 0.195. The molecular weight excluding hydrogens is 318 g/mol. The van der Waals surface area contributed by atoms with E-state index in [2.05, 4.69) is 37.2 Å². The van der Waals surface area contributed by atoms with E-state index in [9.17, 15) is 0 Å². The Kier molecular flexibility index (Phi) is 5.93. The summed E-state index contributed by atoms with van der Waals surface area (Å²) in [5, 5.41) is 12.0. The molecule has 1 atom stereocenters. The molecule has 0 radical (unpaired) electrons. The van der Waals surface area contributed by atoms with Gasteiger partial charge in [0.2, 0.25) is 0 Å². The van der Waals surface area contributed by atoms with Crippen LogP contribution < -0.4 is 4.74 Å². The summed E-state index contributed by atoms with van der Waals surface area (Å²) >= 11 is 0. The second-order valence-electron chi connectivity index (χ2n) is 6.80. The van der Waals surface area contributed by atoms with Gasteiger partial charge in [0.05, 0.1) is 12.2 Å². The van der Waals surface area contributed by atoms with Gasteiger partial charge in [-0.25, -0.2) is 4.68 Å². The molecule has 0 saturated carbocycles. The minimum absolute atomic E-state index is 0.199. The van der Waals surface area contributed by atoms with Crippen LogP contribution in [0.25, 0.3) is 0 Å². The Labute approximate surface area is 148 Å². The third kappa shape index (κ3) is 4.96. The minimum Gasteiger partial charge on any atom is -0.489 e. The molecule has 25 heavy (non-hydrogen) atoms. The molecule has 3 heterocycles. The van der Waals surface area contributed by atoms with Crippen LogP contribution in [0.3, 0.4) is 0 Å². The summed E-state index contributed by atoms with van der Waals surface area (Å²) in [5.41, 5.74) is 1.02. The number of aromatic nitrogens is 5. The first kappa shape index (κ1) is 17.8. The van der Waals surface area contributed by atoms with E-state index >= 15 is 0 Å². The van der Waals surface area contributed by atoms with E-state index in [-0.39, 0.29) is 6.10 Å². The van der Waals surface area contributed by atoms with Crippen LogP contribution in [-0.4, -0.2) is 68.3 Å². The van der Waals surface area contributed by atoms with Gasteiger partial charge in [0.15, 0.2) is 5.82 Å². The van der Waals surface area contributed by atoms with Gasteiger partial charge in [-0.15, -0.1) is 5.10 Å². The van der Waals surface area contributed by atoms with Gasteiger partial charge in [0.1, 0.15) is 11.9 Å². The summed E-state index contributed by atoms with van der Waals surface area (Å²) in [6, 6.07) is 3.97. The van der Waals surface area contributed by atoms with E-state index in [1.807, 2.05) is 37.1 Å². The molecule has 0 aliphatic carbocycles. The molecule has 1 aliphatic rings. The maximum absolute atomic E-state index is 6.17. The number of tetrazole rings is 1. The van der Waals surface area contributed by atoms with Gasteiger partial charge in [0, 0.05) is 38.4 Å². The second-order valence-corrected chi connectivity index (χ2v) is 6.80. The lowest BCUT2D eigenvalue weighted by Gasteiger charge is -2.17. The molecular formula is C17H27N7O. The normalized spacial score (nSPS) is 18.2. The number of likely N-dealkylation sites (tertiary alicyclic amines) is 1. The summed E-state index contributed by atoms with van der Waals surface area (Å²) in [7, 11) is 4.08. The molecule has 0 bridgehead atoms. The molecule has 0 amide bonds. The van der Waals surface area contributed by atoms with E-state index in [1.54, 1.807) is 0 Å². The fourth-order valence-corrected chi connectivity index (χ4v) is 3.09. The van der Waals surface area contributed by atoms with Crippen molar-refractivity contribution in [2.45, 2.75) is 45.5 Å². The molecule has 1 fully saturated rings. The highest BCUT2D eigenvalue weighted by Gasteiger charge is 2.25. The van der Waals surface area contributed by atoms with Crippen LogP contribution >= 0.6 is 0 Å². The number of hydrogen-bond acceptors (Lipinski definition) is 7. The van der Waals surface area contributed by atoms with E-state index in [1.165, 1.54) is 0 Å². The second kappa shape index (κ2) is 8.35. The number of rotatable bonds is 8. The van der Waals surface area contributed by atoms with Gasteiger partial charge in [-0.1, -0.05) is 6.92 Å². The Balaban J connectivity index is 1.53. The van der Waals surface area contributed by atoms with Crippen molar-refractivity contribution in [3.8, 4) is 5.75 Å². The topological polar surface area (TPSA) is 72.2 Å². The first-order valence-corrected chi connectivity index (χ1v) is 8.87. The first-order chi connectivity index (χ1) is 12.1. The molecule has 136 valence electrons. The van der Waals surface area contributed by atoms with Crippen molar-refractivity contribution in [2.24, 2.45) is 0 Å². The Morgan fingerprint density at radius 3 is 3.04 bits per heavy atom. The van der Waals surface area contributed by atoms with Gasteiger partial charge < -0.3 is 9.64 Å². The van der Waals surface area contributed by atoms with Crippen LogP contribution in [0.2, 0.25) is 0 Å². The van der Waals surface area contributed by atoms with Crippen molar-refractivity contribution < 1.29 is 4.74 Å². The molecule has 0 spiro atoms. The molecule has 3 rings (SSSR count). The maximum atomic E-state index is 6.17. The summed E-state index contributed by atoms with van der Waals surface area (Å²) in [4.78, 5) is 8.84. The van der Waals surface area contributed by atoms with Crippen molar-refractivity contribution in [3.63, 3.8) is 0 Å². The van der Waals surface area contributed by atoms with Crippen LogP contribution in [0.4, 0.5) is 0 Å². The molecule has 0 aromatic carbocycles. The average Bonchev–Trinajstić information content (AvgIpc) is 3.18. The minimum atomic E-state index is 0.199. The number of pyridine rings is 1. The largest absolute Gasteiger partial charge is 0.489 e. The van der Waals surface area contributed by atoms with Gasteiger partial charge in [-0.05, 0) is 43.4 Å². The molecule has 2 aromatic heterocycles. The number of nitrogens with zero attached hydrogens (tertiary/aromatic N) is 7. The van der Waals surface area contributed by atoms with Crippen molar-refractivity contribution in [1.29, 1.82) is 0 Å². The standard InChI is InChI=1S/C17H27N7O/c1-4-8-24-17(19-20-21-24)13-23-9-6-16(12-23)25-15-5-7-18-14(10-15)11-22(2)3/h5,7,10,16H,4,6,8-9,11-13H2,1-3H3. The van der Waals surface area contributed by atoms with Gasteiger partial charge in [-0.2, -0.15) is 0 Å². The molecule has 8 nitrogen and oxygen atoms in total. The predicted octanol–water partition coefficient (Wildman–Crippen LogP) is 1.19. The maximum Gasteiger partial charge on any atom is 0.165 e. The van der Waals surface area contributed by atoms with Gasteiger partial charge in [0.25, 0.3) is 0 Å². The first-order valence-electron chi connectivity index (χ1n) is 8.87. The summed E-state index contributed by atoms with van der Waals surface area (Å²) in [6.07, 6.45) is 4.06. The van der Waals surface area contributed by atoms with Crippen molar-refractivity contribution in [2.75, 3.05) is 27.2 Å². The fraction of sp³-hybridized carbons (Fsp3) is 0.647. The van der Waals surface area contributed by atoms with Crippen molar-refractivity contribution >= 4 is 0 Å². The molecule has 0 N–H and O–H groups in total.